The van der Waals surface area contributed by atoms with Crippen molar-refractivity contribution in [3.05, 3.63) is 108 Å². The van der Waals surface area contributed by atoms with Crippen molar-refractivity contribution in [2.75, 3.05) is 4.31 Å². The molecule has 0 aliphatic carbocycles. The Morgan fingerprint density at radius 3 is 2.18 bits per heavy atom. The third-order valence-corrected chi connectivity index (χ3v) is 8.53. The fraction of sp³-hybridized carbons (Fsp3) is 0.0769. The van der Waals surface area contributed by atoms with Crippen molar-refractivity contribution in [1.29, 1.82) is 0 Å². The summed E-state index contributed by atoms with van der Waals surface area (Å²) in [4.78, 5) is 23.7. The van der Waals surface area contributed by atoms with Gasteiger partial charge in [0.15, 0.2) is 0 Å². The summed E-state index contributed by atoms with van der Waals surface area (Å²) in [7, 11) is -3.90. The molecule has 8 heteroatoms. The van der Waals surface area contributed by atoms with Gasteiger partial charge in [0, 0.05) is 5.39 Å². The number of nitrogens with one attached hydrogen (secondary N) is 1. The molecule has 0 spiro atoms. The van der Waals surface area contributed by atoms with E-state index >= 15 is 0 Å². The molecule has 1 heterocycles. The Hall–Kier alpha value is -3.62. The number of thioether (sulfide) groups is 1. The number of anilines is 1. The van der Waals surface area contributed by atoms with Crippen LogP contribution in [0.2, 0.25) is 0 Å². The summed E-state index contributed by atoms with van der Waals surface area (Å²) < 4.78 is 29.3. The molecule has 1 unspecified atom stereocenters. The van der Waals surface area contributed by atoms with Gasteiger partial charge in [-0.3, -0.25) is 19.2 Å². The van der Waals surface area contributed by atoms with Crippen molar-refractivity contribution in [3.8, 4) is 0 Å². The number of nitrogens with zero attached hydrogens (tertiary/aromatic N) is 1. The summed E-state index contributed by atoms with van der Waals surface area (Å²) >= 11 is 0.940. The maximum absolute atomic E-state index is 13.9. The van der Waals surface area contributed by atoms with Gasteiger partial charge in [-0.15, -0.1) is 0 Å². The van der Waals surface area contributed by atoms with Gasteiger partial charge < -0.3 is 0 Å². The van der Waals surface area contributed by atoms with E-state index < -0.39 is 15.3 Å². The highest BCUT2D eigenvalue weighted by atomic mass is 32.2. The fourth-order valence-electron chi connectivity index (χ4n) is 3.99. The van der Waals surface area contributed by atoms with Crippen LogP contribution in [0.3, 0.4) is 0 Å². The van der Waals surface area contributed by atoms with Crippen LogP contribution in [0.15, 0.2) is 102 Å². The molecular weight excluding hydrogens is 468 g/mol. The lowest BCUT2D eigenvalue weighted by atomic mass is 10.1. The Kier molecular flexibility index (Phi) is 5.85. The molecule has 4 aromatic carbocycles. The first-order valence-corrected chi connectivity index (χ1v) is 12.9. The number of carbonyl (C=O) groups is 2. The number of para-hydroxylation sites is 1. The van der Waals surface area contributed by atoms with Gasteiger partial charge in [0.2, 0.25) is 5.91 Å². The number of imide groups is 1. The Labute approximate surface area is 201 Å². The van der Waals surface area contributed by atoms with E-state index in [-0.39, 0.29) is 22.6 Å². The van der Waals surface area contributed by atoms with Crippen LogP contribution >= 0.6 is 11.8 Å². The summed E-state index contributed by atoms with van der Waals surface area (Å²) in [5.41, 5.74) is 2.00. The smallest absolute Gasteiger partial charge is 0.286 e. The molecule has 5 rings (SSSR count). The zero-order chi connectivity index (χ0) is 23.7. The highest BCUT2D eigenvalue weighted by Crippen LogP contribution is 2.35. The molecule has 6 nitrogen and oxygen atoms in total. The van der Waals surface area contributed by atoms with E-state index in [2.05, 4.69) is 5.32 Å². The number of benzene rings is 4. The van der Waals surface area contributed by atoms with Gasteiger partial charge in [-0.2, -0.15) is 0 Å². The van der Waals surface area contributed by atoms with Gasteiger partial charge >= 0.3 is 0 Å². The monoisotopic (exact) mass is 488 g/mol. The maximum Gasteiger partial charge on any atom is 0.286 e. The SMILES string of the molecule is O=C1NC(=O)C(c2ccc(CN(c3ccccc3)S(=O)(=O)c3cccc4ccccc34)cc2)S1. The number of sulfonamides is 1. The summed E-state index contributed by atoms with van der Waals surface area (Å²) in [6.45, 7) is 0.110. The summed E-state index contributed by atoms with van der Waals surface area (Å²) in [6, 6.07) is 28.8. The fourth-order valence-corrected chi connectivity index (χ4v) is 6.49. The van der Waals surface area contributed by atoms with Crippen molar-refractivity contribution in [2.24, 2.45) is 0 Å². The molecule has 0 radical (unpaired) electrons. The molecule has 1 N–H and O–H groups in total. The molecule has 4 aromatic rings. The maximum atomic E-state index is 13.9. The van der Waals surface area contributed by atoms with Gasteiger partial charge in [0.1, 0.15) is 5.25 Å². The number of rotatable bonds is 6. The van der Waals surface area contributed by atoms with E-state index in [1.165, 1.54) is 4.31 Å². The molecule has 34 heavy (non-hydrogen) atoms. The predicted octanol–water partition coefficient (Wildman–Crippen LogP) is 5.26. The second-order valence-corrected chi connectivity index (χ2v) is 10.7. The van der Waals surface area contributed by atoms with Crippen molar-refractivity contribution in [2.45, 2.75) is 16.7 Å². The average Bonchev–Trinajstić information content (AvgIpc) is 3.20. The number of amides is 2. The quantitative estimate of drug-likeness (QED) is 0.400. The van der Waals surface area contributed by atoms with Gasteiger partial charge in [-0.25, -0.2) is 8.42 Å². The van der Waals surface area contributed by atoms with Crippen LogP contribution in [0.5, 0.6) is 0 Å². The molecule has 0 aromatic heterocycles. The highest BCUT2D eigenvalue weighted by molar-refractivity contribution is 8.15. The van der Waals surface area contributed by atoms with E-state index in [1.54, 1.807) is 60.7 Å². The lowest BCUT2D eigenvalue weighted by Gasteiger charge is -2.25. The van der Waals surface area contributed by atoms with Crippen LogP contribution in [-0.2, 0) is 21.4 Å². The topological polar surface area (TPSA) is 83.6 Å². The highest BCUT2D eigenvalue weighted by Gasteiger charge is 2.33. The lowest BCUT2D eigenvalue weighted by Crippen LogP contribution is -2.30. The number of hydrogen-bond donors (Lipinski definition) is 1. The first kappa shape index (κ1) is 22.2. The lowest BCUT2D eigenvalue weighted by molar-refractivity contribution is -0.119. The zero-order valence-electron chi connectivity index (χ0n) is 17.9. The third-order valence-electron chi connectivity index (χ3n) is 5.66. The Morgan fingerprint density at radius 1 is 0.794 bits per heavy atom. The average molecular weight is 489 g/mol. The van der Waals surface area contributed by atoms with Gasteiger partial charge in [0.25, 0.3) is 15.3 Å². The molecule has 1 aliphatic heterocycles. The van der Waals surface area contributed by atoms with Crippen molar-refractivity contribution < 1.29 is 18.0 Å². The number of fused-ring (bicyclic) bond motifs is 1. The van der Waals surface area contributed by atoms with E-state index in [0.29, 0.717) is 16.6 Å². The van der Waals surface area contributed by atoms with Gasteiger partial charge in [-0.05, 0) is 46.5 Å². The molecule has 1 aliphatic rings. The molecule has 1 saturated heterocycles. The molecule has 1 atom stereocenters. The van der Waals surface area contributed by atoms with Crippen LogP contribution in [0.1, 0.15) is 16.4 Å². The minimum Gasteiger partial charge on any atom is -0.286 e. The molecule has 0 saturated carbocycles. The van der Waals surface area contributed by atoms with E-state index in [9.17, 15) is 18.0 Å². The van der Waals surface area contributed by atoms with E-state index in [0.717, 1.165) is 22.7 Å². The zero-order valence-corrected chi connectivity index (χ0v) is 19.6. The Balaban J connectivity index is 1.52. The molecule has 0 bridgehead atoms. The van der Waals surface area contributed by atoms with Crippen molar-refractivity contribution in [1.82, 2.24) is 5.32 Å². The molecular formula is C26H20N2O4S2. The number of hydrogen-bond acceptors (Lipinski definition) is 5. The van der Waals surface area contributed by atoms with Gasteiger partial charge in [-0.1, -0.05) is 78.9 Å². The summed E-state index contributed by atoms with van der Waals surface area (Å²) in [6.07, 6.45) is 0. The largest absolute Gasteiger partial charge is 0.286 e. The standard InChI is InChI=1S/C26H20N2O4S2/c29-25-24(33-26(30)27-25)20-15-13-18(14-16-20)17-28(21-9-2-1-3-10-21)34(31,32)23-12-6-8-19-7-4-5-11-22(19)23/h1-16,24H,17H2,(H,27,29,30). The van der Waals surface area contributed by atoms with E-state index in [1.807, 2.05) is 36.4 Å². The molecule has 2 amide bonds. The number of carbonyl (C=O) groups excluding carboxylic acids is 2. The van der Waals surface area contributed by atoms with Crippen LogP contribution in [0, 0.1) is 0 Å². The summed E-state index contributed by atoms with van der Waals surface area (Å²) in [5.74, 6) is -0.341. The van der Waals surface area contributed by atoms with Crippen LogP contribution < -0.4 is 9.62 Å². The van der Waals surface area contributed by atoms with Gasteiger partial charge in [0.05, 0.1) is 17.1 Å². The Morgan fingerprint density at radius 2 is 1.47 bits per heavy atom. The van der Waals surface area contributed by atoms with Crippen LogP contribution in [0.4, 0.5) is 10.5 Å². The van der Waals surface area contributed by atoms with Crippen molar-refractivity contribution >= 4 is 49.4 Å². The first-order valence-electron chi connectivity index (χ1n) is 10.6. The minimum absolute atomic E-state index is 0.110. The third kappa shape index (κ3) is 4.18. The second kappa shape index (κ2) is 8.96. The Bertz CT molecular complexity index is 1480. The molecule has 170 valence electrons. The second-order valence-electron chi connectivity index (χ2n) is 7.84. The van der Waals surface area contributed by atoms with Crippen LogP contribution in [0.25, 0.3) is 10.8 Å². The van der Waals surface area contributed by atoms with E-state index in [4.69, 9.17) is 0 Å². The first-order chi connectivity index (χ1) is 16.4. The predicted molar refractivity (Wildman–Crippen MR) is 134 cm³/mol. The van der Waals surface area contributed by atoms with Crippen molar-refractivity contribution in [3.63, 3.8) is 0 Å². The molecule has 1 fully saturated rings. The minimum atomic E-state index is -3.90. The van der Waals surface area contributed by atoms with Crippen LogP contribution in [-0.4, -0.2) is 19.6 Å². The normalized spacial score (nSPS) is 15.9. The summed E-state index contributed by atoms with van der Waals surface area (Å²) in [5, 5.41) is 2.84.